The van der Waals surface area contributed by atoms with Crippen molar-refractivity contribution in [3.8, 4) is 28.3 Å². The van der Waals surface area contributed by atoms with Crippen LogP contribution in [-0.4, -0.2) is 29.3 Å². The molecule has 1 aromatic carbocycles. The number of nitrogens with zero attached hydrogens (tertiary/aromatic N) is 6. The van der Waals surface area contributed by atoms with Crippen LogP contribution in [-0.2, 0) is 7.05 Å². The fourth-order valence-electron chi connectivity index (χ4n) is 5.21. The molecule has 4 heterocycles. The molecule has 6 rings (SSSR count). The minimum Gasteiger partial charge on any atom is -0.277 e. The summed E-state index contributed by atoms with van der Waals surface area (Å²) in [5.41, 5.74) is 1.32. The smallest absolute Gasteiger partial charge is 0.274 e. The van der Waals surface area contributed by atoms with Gasteiger partial charge in [-0.25, -0.2) is 22.8 Å². The van der Waals surface area contributed by atoms with Crippen LogP contribution in [0.25, 0.3) is 28.3 Å². The summed E-state index contributed by atoms with van der Waals surface area (Å²) in [4.78, 5) is 26.0. The molecule has 1 saturated carbocycles. The van der Waals surface area contributed by atoms with E-state index in [2.05, 4.69) is 20.1 Å². The number of aryl methyl sites for hydroxylation is 3. The minimum absolute atomic E-state index is 0.00270. The van der Waals surface area contributed by atoms with Crippen LogP contribution in [0.2, 0.25) is 5.02 Å². The van der Waals surface area contributed by atoms with E-state index in [1.807, 2.05) is 0 Å². The van der Waals surface area contributed by atoms with Crippen molar-refractivity contribution in [1.29, 1.82) is 0 Å². The standard InChI is InChI=1S/C29H22ClF3N6O/c1-14-11-35-26(17-5-4-6-18(24(17)32)28-36-13-37-38(28)3)25(33)27(14)39-15(2)9-21(23(30)29(39)40)19-10-20(19)22-8-7-16(31)12-34-22/h4-9,11-13,19-20H,10H2,1-3H3/t19-,20?/m1/s1. The first kappa shape index (κ1) is 25.9. The van der Waals surface area contributed by atoms with Crippen molar-refractivity contribution in [1.82, 2.24) is 29.3 Å². The summed E-state index contributed by atoms with van der Waals surface area (Å²) in [6, 6.07) is 9.25. The molecule has 5 aromatic rings. The molecule has 7 nitrogen and oxygen atoms in total. The summed E-state index contributed by atoms with van der Waals surface area (Å²) < 4.78 is 47.8. The molecule has 0 amide bonds. The Hall–Kier alpha value is -4.31. The Bertz CT molecular complexity index is 1850. The largest absolute Gasteiger partial charge is 0.277 e. The maximum atomic E-state index is 16.2. The van der Waals surface area contributed by atoms with Gasteiger partial charge in [0.05, 0.1) is 17.4 Å². The molecule has 2 atom stereocenters. The Morgan fingerprint density at radius 1 is 0.950 bits per heavy atom. The normalized spacial score (nSPS) is 16.4. The molecule has 4 aromatic heterocycles. The molecule has 0 spiro atoms. The molecule has 1 unspecified atom stereocenters. The quantitative estimate of drug-likeness (QED) is 0.261. The van der Waals surface area contributed by atoms with Gasteiger partial charge < -0.3 is 0 Å². The summed E-state index contributed by atoms with van der Waals surface area (Å²) in [5, 5.41) is 3.94. The highest BCUT2D eigenvalue weighted by molar-refractivity contribution is 6.31. The van der Waals surface area contributed by atoms with Crippen molar-refractivity contribution in [2.45, 2.75) is 32.1 Å². The SMILES string of the molecule is Cc1cnc(-c2cccc(-c3ncnn3C)c2F)c(F)c1-n1c(C)cc([C@@H]2CC2c2ccc(F)cn2)c(Cl)c1=O. The lowest BCUT2D eigenvalue weighted by Gasteiger charge is -2.18. The van der Waals surface area contributed by atoms with Crippen LogP contribution in [0.15, 0.2) is 59.9 Å². The van der Waals surface area contributed by atoms with E-state index in [4.69, 9.17) is 11.6 Å². The van der Waals surface area contributed by atoms with Crippen LogP contribution in [0.5, 0.6) is 0 Å². The van der Waals surface area contributed by atoms with Crippen LogP contribution < -0.4 is 5.56 Å². The van der Waals surface area contributed by atoms with Gasteiger partial charge in [0.25, 0.3) is 5.56 Å². The van der Waals surface area contributed by atoms with Gasteiger partial charge in [0.15, 0.2) is 11.6 Å². The van der Waals surface area contributed by atoms with Gasteiger partial charge in [-0.2, -0.15) is 5.10 Å². The third-order valence-electron chi connectivity index (χ3n) is 7.29. The highest BCUT2D eigenvalue weighted by Crippen LogP contribution is 2.55. The van der Waals surface area contributed by atoms with Gasteiger partial charge in [-0.1, -0.05) is 17.7 Å². The van der Waals surface area contributed by atoms with Crippen molar-refractivity contribution < 1.29 is 13.2 Å². The summed E-state index contributed by atoms with van der Waals surface area (Å²) in [5.74, 6) is -1.79. The Kier molecular flexibility index (Phi) is 6.29. The molecule has 1 fully saturated rings. The monoisotopic (exact) mass is 562 g/mol. The molecule has 0 bridgehead atoms. The number of aromatic nitrogens is 6. The molecule has 0 aliphatic heterocycles. The topological polar surface area (TPSA) is 78.5 Å². The molecule has 1 aliphatic carbocycles. The van der Waals surface area contributed by atoms with E-state index in [1.165, 1.54) is 40.0 Å². The Morgan fingerprint density at radius 3 is 2.42 bits per heavy atom. The number of hydrogen-bond donors (Lipinski definition) is 0. The number of benzene rings is 1. The molecule has 40 heavy (non-hydrogen) atoms. The van der Waals surface area contributed by atoms with Gasteiger partial charge in [0.1, 0.15) is 28.7 Å². The van der Waals surface area contributed by atoms with Crippen LogP contribution in [0.4, 0.5) is 13.2 Å². The zero-order chi connectivity index (χ0) is 28.3. The first-order valence-electron chi connectivity index (χ1n) is 12.5. The summed E-state index contributed by atoms with van der Waals surface area (Å²) in [7, 11) is 1.62. The van der Waals surface area contributed by atoms with Crippen molar-refractivity contribution in [2.75, 3.05) is 0 Å². The second kappa shape index (κ2) is 9.71. The van der Waals surface area contributed by atoms with Crippen molar-refractivity contribution in [3.63, 3.8) is 0 Å². The maximum absolute atomic E-state index is 16.2. The number of halogens is 4. The Labute approximate surface area is 232 Å². The van der Waals surface area contributed by atoms with E-state index in [9.17, 15) is 9.18 Å². The molecule has 0 N–H and O–H groups in total. The highest BCUT2D eigenvalue weighted by Gasteiger charge is 2.42. The molecule has 0 saturated heterocycles. The van der Waals surface area contributed by atoms with E-state index < -0.39 is 23.0 Å². The zero-order valence-electron chi connectivity index (χ0n) is 21.7. The maximum Gasteiger partial charge on any atom is 0.274 e. The van der Waals surface area contributed by atoms with Crippen LogP contribution in [0, 0.1) is 31.3 Å². The van der Waals surface area contributed by atoms with Crippen molar-refractivity contribution in [2.24, 2.45) is 7.05 Å². The lowest BCUT2D eigenvalue weighted by molar-refractivity contribution is 0.601. The average Bonchev–Trinajstić information content (AvgIpc) is 3.61. The zero-order valence-corrected chi connectivity index (χ0v) is 22.4. The molecule has 11 heteroatoms. The number of pyridine rings is 3. The Balaban J connectivity index is 1.44. The van der Waals surface area contributed by atoms with Crippen LogP contribution >= 0.6 is 11.6 Å². The summed E-state index contributed by atoms with van der Waals surface area (Å²) >= 11 is 6.59. The predicted molar refractivity (Wildman–Crippen MR) is 144 cm³/mol. The molecule has 1 aliphatic rings. The van der Waals surface area contributed by atoms with Gasteiger partial charge in [-0.3, -0.25) is 19.3 Å². The number of hydrogen-bond acceptors (Lipinski definition) is 5. The third kappa shape index (κ3) is 4.19. The van der Waals surface area contributed by atoms with Gasteiger partial charge in [0, 0.05) is 36.1 Å². The van der Waals surface area contributed by atoms with Gasteiger partial charge in [0.2, 0.25) is 0 Å². The molecular weight excluding hydrogens is 541 g/mol. The lowest BCUT2D eigenvalue weighted by Crippen LogP contribution is -2.24. The molecule has 0 radical (unpaired) electrons. The lowest BCUT2D eigenvalue weighted by atomic mass is 10.0. The van der Waals surface area contributed by atoms with E-state index >= 15 is 8.78 Å². The van der Waals surface area contributed by atoms with E-state index in [0.29, 0.717) is 23.2 Å². The summed E-state index contributed by atoms with van der Waals surface area (Å²) in [6.07, 6.45) is 4.56. The first-order valence-corrected chi connectivity index (χ1v) is 12.9. The second-order valence-corrected chi connectivity index (χ2v) is 10.3. The average molecular weight is 563 g/mol. The molecule has 202 valence electrons. The van der Waals surface area contributed by atoms with Gasteiger partial charge >= 0.3 is 0 Å². The fourth-order valence-corrected chi connectivity index (χ4v) is 5.49. The first-order chi connectivity index (χ1) is 19.2. The van der Waals surface area contributed by atoms with Gasteiger partial charge in [-0.05, 0) is 67.6 Å². The van der Waals surface area contributed by atoms with E-state index in [-0.39, 0.29) is 45.2 Å². The number of rotatable bonds is 5. The van der Waals surface area contributed by atoms with Crippen molar-refractivity contribution in [3.05, 3.63) is 110 Å². The third-order valence-corrected chi connectivity index (χ3v) is 7.67. The van der Waals surface area contributed by atoms with Crippen molar-refractivity contribution >= 4 is 11.6 Å². The van der Waals surface area contributed by atoms with E-state index in [0.717, 1.165) is 11.9 Å². The van der Waals surface area contributed by atoms with Gasteiger partial charge in [-0.15, -0.1) is 0 Å². The summed E-state index contributed by atoms with van der Waals surface area (Å²) in [6.45, 7) is 3.30. The Morgan fingerprint density at radius 2 is 1.73 bits per heavy atom. The highest BCUT2D eigenvalue weighted by atomic mass is 35.5. The molecular formula is C29H22ClF3N6O. The van der Waals surface area contributed by atoms with Crippen LogP contribution in [0.3, 0.4) is 0 Å². The second-order valence-electron chi connectivity index (χ2n) is 9.87. The van der Waals surface area contributed by atoms with Crippen LogP contribution in [0.1, 0.15) is 40.8 Å². The predicted octanol–water partition coefficient (Wildman–Crippen LogP) is 6.05. The van der Waals surface area contributed by atoms with E-state index in [1.54, 1.807) is 39.1 Å². The fraction of sp³-hybridized carbons (Fsp3) is 0.207. The minimum atomic E-state index is -0.858.